The summed E-state index contributed by atoms with van der Waals surface area (Å²) in [4.78, 5) is 53.9. The minimum absolute atomic E-state index is 0.00193. The largest absolute Gasteiger partial charge is 0.492 e. The summed E-state index contributed by atoms with van der Waals surface area (Å²) < 4.78 is 12.1. The molecular formula is C51H47ClN8O6. The summed E-state index contributed by atoms with van der Waals surface area (Å²) >= 11 is 6.62. The lowest BCUT2D eigenvalue weighted by Gasteiger charge is -2.17. The molecule has 0 atom stereocenters. The van der Waals surface area contributed by atoms with Gasteiger partial charge in [-0.25, -0.2) is 19.6 Å². The number of nitrogens with zero attached hydrogens (tertiary/aromatic N) is 6. The van der Waals surface area contributed by atoms with Gasteiger partial charge in [-0.2, -0.15) is 0 Å². The highest BCUT2D eigenvalue weighted by atomic mass is 35.5. The minimum atomic E-state index is -1.12. The van der Waals surface area contributed by atoms with Crippen LogP contribution in [0.1, 0.15) is 32.0 Å². The maximum Gasteiger partial charge on any atom is 0.337 e. The second-order valence-electron chi connectivity index (χ2n) is 15.9. The Bertz CT molecular complexity index is 2990. The molecule has 0 radical (unpaired) electrons. The zero-order chi connectivity index (χ0) is 46.3. The van der Waals surface area contributed by atoms with Crippen LogP contribution in [-0.2, 0) is 6.54 Å². The van der Waals surface area contributed by atoms with E-state index in [9.17, 15) is 19.8 Å². The van der Waals surface area contributed by atoms with E-state index in [1.54, 1.807) is 42.9 Å². The molecule has 4 aromatic heterocycles. The van der Waals surface area contributed by atoms with Gasteiger partial charge in [0.2, 0.25) is 0 Å². The highest BCUT2D eigenvalue weighted by Gasteiger charge is 2.22. The van der Waals surface area contributed by atoms with Crippen molar-refractivity contribution in [2.75, 3.05) is 47.4 Å². The Labute approximate surface area is 386 Å². The fourth-order valence-corrected chi connectivity index (χ4v) is 7.82. The maximum absolute atomic E-state index is 12.1. The molecule has 0 saturated carbocycles. The number of pyridine rings is 2. The molecule has 66 heavy (non-hydrogen) atoms. The summed E-state index contributed by atoms with van der Waals surface area (Å²) in [6, 6.07) is 33.1. The minimum Gasteiger partial charge on any atom is -0.492 e. The second-order valence-corrected chi connectivity index (χ2v) is 16.3. The van der Waals surface area contributed by atoms with Crippen LogP contribution < -0.4 is 9.47 Å². The van der Waals surface area contributed by atoms with Crippen molar-refractivity contribution < 1.29 is 29.3 Å². The number of aromatic amines is 2. The van der Waals surface area contributed by atoms with Crippen LogP contribution in [0.25, 0.3) is 67.8 Å². The van der Waals surface area contributed by atoms with Gasteiger partial charge in [0.05, 0.1) is 44.6 Å². The van der Waals surface area contributed by atoms with Crippen molar-refractivity contribution in [2.45, 2.75) is 13.5 Å². The number of H-pyrrole nitrogens is 2. The molecule has 4 aromatic carbocycles. The van der Waals surface area contributed by atoms with Crippen LogP contribution in [0, 0.1) is 6.92 Å². The van der Waals surface area contributed by atoms with E-state index in [2.05, 4.69) is 29.7 Å². The van der Waals surface area contributed by atoms with Crippen LogP contribution in [0.4, 0.5) is 0 Å². The average molecular weight is 903 g/mol. The molecule has 8 aromatic rings. The number of carbonyl (C=O) groups is 2. The predicted octanol–water partition coefficient (Wildman–Crippen LogP) is 9.73. The van der Waals surface area contributed by atoms with E-state index in [-0.39, 0.29) is 16.1 Å². The molecule has 0 aliphatic carbocycles. The van der Waals surface area contributed by atoms with Gasteiger partial charge in [0.1, 0.15) is 36.4 Å². The Balaban J connectivity index is 0.962. The molecule has 0 fully saturated rings. The number of aromatic carboxylic acids is 2. The molecule has 0 amide bonds. The summed E-state index contributed by atoms with van der Waals surface area (Å²) in [5.41, 5.74) is 8.80. The number of carboxylic acids is 2. The van der Waals surface area contributed by atoms with Gasteiger partial charge in [0.25, 0.3) is 0 Å². The Morgan fingerprint density at radius 3 is 1.76 bits per heavy atom. The Morgan fingerprint density at radius 2 is 1.17 bits per heavy atom. The molecule has 0 bridgehead atoms. The normalized spacial score (nSPS) is 11.3. The molecular weight excluding hydrogens is 856 g/mol. The summed E-state index contributed by atoms with van der Waals surface area (Å²) in [7, 11) is 6.00. The number of benzene rings is 4. The molecule has 0 aliphatic heterocycles. The Morgan fingerprint density at radius 1 is 0.636 bits per heavy atom. The topological polar surface area (TPSA) is 183 Å². The number of hydrogen-bond donors (Lipinski definition) is 4. The summed E-state index contributed by atoms with van der Waals surface area (Å²) in [5, 5.41) is 19.8. The molecule has 0 aliphatic rings. The zero-order valence-electron chi connectivity index (χ0n) is 36.7. The molecule has 334 valence electrons. The van der Waals surface area contributed by atoms with Crippen molar-refractivity contribution in [3.8, 4) is 79.3 Å². The Hall–Kier alpha value is -7.65. The summed E-state index contributed by atoms with van der Waals surface area (Å²) in [6.45, 7) is 4.73. The van der Waals surface area contributed by atoms with E-state index in [0.29, 0.717) is 77.6 Å². The van der Waals surface area contributed by atoms with Gasteiger partial charge in [0.15, 0.2) is 0 Å². The van der Waals surface area contributed by atoms with Crippen molar-refractivity contribution in [3.05, 3.63) is 155 Å². The van der Waals surface area contributed by atoms with E-state index >= 15 is 0 Å². The molecule has 4 heterocycles. The van der Waals surface area contributed by atoms with E-state index < -0.39 is 11.9 Å². The molecule has 15 heteroatoms. The number of ether oxygens (including phenoxy) is 2. The summed E-state index contributed by atoms with van der Waals surface area (Å²) in [5.74, 6) is 0.540. The molecule has 0 unspecified atom stereocenters. The van der Waals surface area contributed by atoms with Gasteiger partial charge in [-0.05, 0) is 119 Å². The van der Waals surface area contributed by atoms with Crippen molar-refractivity contribution >= 4 is 23.5 Å². The van der Waals surface area contributed by atoms with Crippen LogP contribution in [0.15, 0.2) is 128 Å². The zero-order valence-corrected chi connectivity index (χ0v) is 37.5. The first-order valence-corrected chi connectivity index (χ1v) is 21.5. The van der Waals surface area contributed by atoms with Crippen molar-refractivity contribution in [1.29, 1.82) is 0 Å². The van der Waals surface area contributed by atoms with Crippen LogP contribution in [0.5, 0.6) is 11.5 Å². The molecule has 0 spiro atoms. The lowest BCUT2D eigenvalue weighted by atomic mass is 9.97. The predicted molar refractivity (Wildman–Crippen MR) is 255 cm³/mol. The van der Waals surface area contributed by atoms with Crippen molar-refractivity contribution in [2.24, 2.45) is 0 Å². The first-order valence-electron chi connectivity index (χ1n) is 21.1. The lowest BCUT2D eigenvalue weighted by molar-refractivity contribution is 0.0685. The third-order valence-corrected chi connectivity index (χ3v) is 11.4. The fourth-order valence-electron chi connectivity index (χ4n) is 7.52. The highest BCUT2D eigenvalue weighted by molar-refractivity contribution is 6.36. The number of aromatic nitrogens is 6. The van der Waals surface area contributed by atoms with Crippen LogP contribution in [0.3, 0.4) is 0 Å². The number of rotatable bonds is 18. The number of hydrogen-bond acceptors (Lipinski definition) is 10. The van der Waals surface area contributed by atoms with Crippen LogP contribution in [0.2, 0.25) is 5.02 Å². The van der Waals surface area contributed by atoms with Gasteiger partial charge >= 0.3 is 11.9 Å². The van der Waals surface area contributed by atoms with Crippen LogP contribution in [-0.4, -0.2) is 109 Å². The van der Waals surface area contributed by atoms with Gasteiger partial charge < -0.3 is 34.6 Å². The second kappa shape index (κ2) is 20.0. The quantitative estimate of drug-likeness (QED) is 0.0641. The number of nitrogens with one attached hydrogen (secondary N) is 2. The summed E-state index contributed by atoms with van der Waals surface area (Å²) in [6.07, 6.45) is 5.11. The monoisotopic (exact) mass is 902 g/mol. The van der Waals surface area contributed by atoms with E-state index in [1.165, 1.54) is 6.07 Å². The van der Waals surface area contributed by atoms with E-state index in [4.69, 9.17) is 31.0 Å². The molecule has 14 nitrogen and oxygen atoms in total. The van der Waals surface area contributed by atoms with Crippen molar-refractivity contribution in [3.63, 3.8) is 0 Å². The fraction of sp³-hybridized carbons (Fsp3) is 0.176. The number of likely N-dealkylation sites (N-methyl/N-ethyl adjacent to an activating group) is 2. The van der Waals surface area contributed by atoms with E-state index in [0.717, 1.165) is 45.8 Å². The Kier molecular flexibility index (Phi) is 13.6. The van der Waals surface area contributed by atoms with Gasteiger partial charge in [-0.3, -0.25) is 14.9 Å². The van der Waals surface area contributed by atoms with Gasteiger partial charge in [0, 0.05) is 71.6 Å². The first-order chi connectivity index (χ1) is 31.9. The standard InChI is InChI=1S/C51H47ClN8O6/c1-31-39(7-5-8-40(31)50(61)62)46-45(56-49(57-46)34-11-15-37(16-12-34)65-27-25-59(2)3)35-21-24-54-36(29-35)30-60(4)26-28-66-38-17-13-33(14-18-38)48-55-44(32-19-22-53-23-20-32)47(58-48)41-9-6-10-42(43(41)52)51(63)64/h5-24,29H,25-28,30H2,1-4H3,(H,55,58)(H,56,57)(H,61,62)(H,63,64). The van der Waals surface area contributed by atoms with Crippen LogP contribution >= 0.6 is 11.6 Å². The van der Waals surface area contributed by atoms with Gasteiger partial charge in [-0.15, -0.1) is 0 Å². The van der Waals surface area contributed by atoms with Crippen molar-refractivity contribution in [1.82, 2.24) is 39.7 Å². The maximum atomic E-state index is 12.1. The van der Waals surface area contributed by atoms with Gasteiger partial charge in [-0.1, -0.05) is 35.9 Å². The number of halogens is 1. The molecule has 4 N–H and O–H groups in total. The molecule has 8 rings (SSSR count). The first kappa shape index (κ1) is 44.9. The lowest BCUT2D eigenvalue weighted by Crippen LogP contribution is -2.24. The van der Waals surface area contributed by atoms with E-state index in [1.807, 2.05) is 107 Å². The average Bonchev–Trinajstić information content (AvgIpc) is 3.96. The third-order valence-electron chi connectivity index (χ3n) is 11.0. The SMILES string of the molecule is Cc1c(C(=O)O)cccc1-c1[nH]c(-c2ccc(OCCN(C)C)cc2)nc1-c1ccnc(CN(C)CCOc2ccc(-c3nc(-c4ccncc4)c(-c4cccc(C(=O)O)c4Cl)[nH]3)cc2)c1. The number of carboxylic acid groups (broad SMARTS) is 2. The number of imidazole rings is 2. The highest BCUT2D eigenvalue weighted by Crippen LogP contribution is 2.39. The smallest absolute Gasteiger partial charge is 0.337 e. The molecule has 0 saturated heterocycles. The third kappa shape index (κ3) is 10.2.